The number of alkyl halides is 1. The number of carboxylic acid groups (broad SMARTS) is 1. The quantitative estimate of drug-likeness (QED) is 0.497. The molecule has 2 rings (SSSR count). The third kappa shape index (κ3) is 5.82. The smallest absolute Gasteiger partial charge is 0.335 e. The Hall–Kier alpha value is -1.94. The molecule has 0 saturated heterocycles. The maximum absolute atomic E-state index is 11.4. The van der Waals surface area contributed by atoms with Crippen molar-refractivity contribution < 1.29 is 9.90 Å². The number of hydrogen-bond donors (Lipinski definition) is 1. The van der Waals surface area contributed by atoms with Crippen molar-refractivity contribution >= 4 is 17.6 Å². The second kappa shape index (κ2) is 9.52. The fourth-order valence-electron chi connectivity index (χ4n) is 2.80. The summed E-state index contributed by atoms with van der Waals surface area (Å²) in [6.07, 6.45) is 10.1. The van der Waals surface area contributed by atoms with Crippen LogP contribution in [0.1, 0.15) is 61.0 Å². The van der Waals surface area contributed by atoms with E-state index in [1.165, 1.54) is 19.3 Å². The van der Waals surface area contributed by atoms with E-state index in [1.54, 1.807) is 12.1 Å². The number of benzene rings is 1. The number of carboxylic acids is 1. The van der Waals surface area contributed by atoms with Gasteiger partial charge < -0.3 is 5.11 Å². The van der Waals surface area contributed by atoms with Gasteiger partial charge in [-0.15, -0.1) is 11.6 Å². The normalized spacial score (nSPS) is 12.1. The van der Waals surface area contributed by atoms with E-state index in [2.05, 4.69) is 16.9 Å². The third-order valence-corrected chi connectivity index (χ3v) is 4.27. The highest BCUT2D eigenvalue weighted by Crippen LogP contribution is 2.22. The molecule has 0 amide bonds. The van der Waals surface area contributed by atoms with E-state index >= 15 is 0 Å². The van der Waals surface area contributed by atoms with Gasteiger partial charge in [-0.2, -0.15) is 0 Å². The SMILES string of the molecule is CCCCCCc1cnc(-c2ccc(C(=O)O)c(C[C@@H](C)Cl)c2)nc1. The zero-order valence-electron chi connectivity index (χ0n) is 14.8. The van der Waals surface area contributed by atoms with Crippen molar-refractivity contribution in [2.24, 2.45) is 0 Å². The lowest BCUT2D eigenvalue weighted by molar-refractivity contribution is 0.0695. The summed E-state index contributed by atoms with van der Waals surface area (Å²) in [5.41, 5.74) is 2.94. The maximum Gasteiger partial charge on any atom is 0.335 e. The van der Waals surface area contributed by atoms with Crippen molar-refractivity contribution in [1.29, 1.82) is 0 Å². The molecule has 4 nitrogen and oxygen atoms in total. The molecule has 0 saturated carbocycles. The lowest BCUT2D eigenvalue weighted by atomic mass is 9.99. The van der Waals surface area contributed by atoms with Gasteiger partial charge in [-0.1, -0.05) is 32.3 Å². The molecule has 0 unspecified atom stereocenters. The van der Waals surface area contributed by atoms with Gasteiger partial charge in [-0.05, 0) is 49.4 Å². The van der Waals surface area contributed by atoms with Crippen LogP contribution in [0.4, 0.5) is 0 Å². The predicted molar refractivity (Wildman–Crippen MR) is 101 cm³/mol. The van der Waals surface area contributed by atoms with Crippen LogP contribution in [0.3, 0.4) is 0 Å². The number of unbranched alkanes of at least 4 members (excludes halogenated alkanes) is 3. The third-order valence-electron chi connectivity index (χ3n) is 4.12. The molecule has 0 aliphatic heterocycles. The number of halogens is 1. The van der Waals surface area contributed by atoms with E-state index in [4.69, 9.17) is 11.6 Å². The standard InChI is InChI=1S/C20H25ClN2O2/c1-3-4-5-6-7-15-12-22-19(23-13-15)16-8-9-18(20(24)25)17(11-16)10-14(2)21/h8-9,11-14H,3-7,10H2,1-2H3,(H,24,25)/t14-/m1/s1. The topological polar surface area (TPSA) is 63.1 Å². The molecule has 1 heterocycles. The molecular weight excluding hydrogens is 336 g/mol. The number of rotatable bonds is 9. The summed E-state index contributed by atoms with van der Waals surface area (Å²) in [6, 6.07) is 5.19. The Labute approximate surface area is 154 Å². The van der Waals surface area contributed by atoms with Gasteiger partial charge >= 0.3 is 5.97 Å². The molecule has 0 aliphatic rings. The summed E-state index contributed by atoms with van der Waals surface area (Å²) in [4.78, 5) is 20.3. The minimum absolute atomic E-state index is 0.139. The van der Waals surface area contributed by atoms with E-state index in [-0.39, 0.29) is 10.9 Å². The average Bonchev–Trinajstić information content (AvgIpc) is 2.58. The van der Waals surface area contributed by atoms with Gasteiger partial charge in [0.25, 0.3) is 0 Å². The second-order valence-corrected chi connectivity index (χ2v) is 7.13. The Bertz CT molecular complexity index is 699. The summed E-state index contributed by atoms with van der Waals surface area (Å²) in [6.45, 7) is 4.05. The zero-order valence-corrected chi connectivity index (χ0v) is 15.6. The number of nitrogens with zero attached hydrogens (tertiary/aromatic N) is 2. The highest BCUT2D eigenvalue weighted by atomic mass is 35.5. The maximum atomic E-state index is 11.4. The molecule has 0 bridgehead atoms. The van der Waals surface area contributed by atoms with Crippen molar-refractivity contribution in [2.75, 3.05) is 0 Å². The Morgan fingerprint density at radius 2 is 1.92 bits per heavy atom. The van der Waals surface area contributed by atoms with Crippen molar-refractivity contribution in [3.63, 3.8) is 0 Å². The van der Waals surface area contributed by atoms with Crippen LogP contribution in [0.2, 0.25) is 0 Å². The van der Waals surface area contributed by atoms with Crippen LogP contribution in [0.15, 0.2) is 30.6 Å². The lowest BCUT2D eigenvalue weighted by Crippen LogP contribution is -2.07. The van der Waals surface area contributed by atoms with Gasteiger partial charge in [0.05, 0.1) is 5.56 Å². The molecule has 134 valence electrons. The van der Waals surface area contributed by atoms with Crippen LogP contribution in [-0.2, 0) is 12.8 Å². The monoisotopic (exact) mass is 360 g/mol. The predicted octanol–water partition coefficient (Wildman–Crippen LogP) is 5.13. The molecule has 0 fully saturated rings. The largest absolute Gasteiger partial charge is 0.478 e. The summed E-state index contributed by atoms with van der Waals surface area (Å²) in [7, 11) is 0. The minimum atomic E-state index is -0.942. The van der Waals surface area contributed by atoms with Crippen molar-refractivity contribution in [3.8, 4) is 11.4 Å². The van der Waals surface area contributed by atoms with Gasteiger partial charge in [0.15, 0.2) is 5.82 Å². The zero-order chi connectivity index (χ0) is 18.2. The number of hydrogen-bond acceptors (Lipinski definition) is 3. The van der Waals surface area contributed by atoms with Gasteiger partial charge in [0.2, 0.25) is 0 Å². The molecule has 0 aliphatic carbocycles. The average molecular weight is 361 g/mol. The summed E-state index contributed by atoms with van der Waals surface area (Å²) < 4.78 is 0. The van der Waals surface area contributed by atoms with Gasteiger partial charge in [0, 0.05) is 23.3 Å². The first-order chi connectivity index (χ1) is 12.0. The Kier molecular flexibility index (Phi) is 7.38. The molecule has 0 radical (unpaired) electrons. The number of aromatic nitrogens is 2. The summed E-state index contributed by atoms with van der Waals surface area (Å²) >= 11 is 6.05. The molecule has 25 heavy (non-hydrogen) atoms. The highest BCUT2D eigenvalue weighted by molar-refractivity contribution is 6.20. The number of carbonyl (C=O) groups is 1. The van der Waals surface area contributed by atoms with Crippen molar-refractivity contribution in [3.05, 3.63) is 47.3 Å². The van der Waals surface area contributed by atoms with Crippen LogP contribution in [-0.4, -0.2) is 26.4 Å². The van der Waals surface area contributed by atoms with E-state index in [0.717, 1.165) is 24.0 Å². The molecule has 1 aromatic carbocycles. The van der Waals surface area contributed by atoms with Crippen LogP contribution in [0, 0.1) is 0 Å². The number of aryl methyl sites for hydroxylation is 1. The van der Waals surface area contributed by atoms with E-state index in [1.807, 2.05) is 25.4 Å². The fourth-order valence-corrected chi connectivity index (χ4v) is 2.97. The summed E-state index contributed by atoms with van der Waals surface area (Å²) in [5.74, 6) is -0.333. The number of aromatic carboxylic acids is 1. The summed E-state index contributed by atoms with van der Waals surface area (Å²) in [5, 5.41) is 9.18. The van der Waals surface area contributed by atoms with Crippen molar-refractivity contribution in [1.82, 2.24) is 9.97 Å². The van der Waals surface area contributed by atoms with Crippen LogP contribution < -0.4 is 0 Å². The van der Waals surface area contributed by atoms with Gasteiger partial charge in [0.1, 0.15) is 0 Å². The second-order valence-electron chi connectivity index (χ2n) is 6.39. The Morgan fingerprint density at radius 3 is 2.52 bits per heavy atom. The van der Waals surface area contributed by atoms with E-state index in [9.17, 15) is 9.90 Å². The molecular formula is C20H25ClN2O2. The Balaban J connectivity index is 2.16. The first-order valence-corrected chi connectivity index (χ1v) is 9.26. The molecule has 0 spiro atoms. The first-order valence-electron chi connectivity index (χ1n) is 8.82. The van der Waals surface area contributed by atoms with Crippen LogP contribution in [0.5, 0.6) is 0 Å². The van der Waals surface area contributed by atoms with Crippen LogP contribution >= 0.6 is 11.6 Å². The lowest BCUT2D eigenvalue weighted by Gasteiger charge is -2.10. The molecule has 1 atom stereocenters. The highest BCUT2D eigenvalue weighted by Gasteiger charge is 2.14. The van der Waals surface area contributed by atoms with Gasteiger partial charge in [-0.25, -0.2) is 14.8 Å². The first kappa shape index (κ1) is 19.4. The fraction of sp³-hybridized carbons (Fsp3) is 0.450. The van der Waals surface area contributed by atoms with Gasteiger partial charge in [-0.3, -0.25) is 0 Å². The Morgan fingerprint density at radius 1 is 1.20 bits per heavy atom. The minimum Gasteiger partial charge on any atom is -0.478 e. The van der Waals surface area contributed by atoms with Crippen molar-refractivity contribution in [2.45, 2.75) is 57.7 Å². The van der Waals surface area contributed by atoms with Crippen LogP contribution in [0.25, 0.3) is 11.4 Å². The molecule has 1 aromatic heterocycles. The molecule has 2 aromatic rings. The molecule has 1 N–H and O–H groups in total. The van der Waals surface area contributed by atoms with E-state index < -0.39 is 5.97 Å². The van der Waals surface area contributed by atoms with E-state index in [0.29, 0.717) is 17.8 Å². The molecule has 5 heteroatoms.